The van der Waals surface area contributed by atoms with Gasteiger partial charge in [-0.3, -0.25) is 0 Å². The molecule has 0 aliphatic heterocycles. The zero-order valence-electron chi connectivity index (χ0n) is 13.9. The molecule has 3 nitrogen and oxygen atoms in total. The van der Waals surface area contributed by atoms with Crippen molar-refractivity contribution >= 4 is 23.1 Å². The molecule has 24 heavy (non-hydrogen) atoms. The summed E-state index contributed by atoms with van der Waals surface area (Å²) in [4.78, 5) is 12.0. The molecule has 0 spiro atoms. The minimum absolute atomic E-state index is 0.331. The van der Waals surface area contributed by atoms with E-state index in [1.165, 1.54) is 6.08 Å². The Morgan fingerprint density at radius 3 is 2.46 bits per heavy atom. The summed E-state index contributed by atoms with van der Waals surface area (Å²) in [7, 11) is 0. The van der Waals surface area contributed by atoms with Gasteiger partial charge in [0.05, 0.1) is 13.2 Å². The van der Waals surface area contributed by atoms with Gasteiger partial charge in [-0.2, -0.15) is 0 Å². The molecule has 0 saturated carbocycles. The fraction of sp³-hybridized carbons (Fsp3) is 0.250. The summed E-state index contributed by atoms with van der Waals surface area (Å²) in [6.07, 6.45) is 2.43. The molecule has 4 heteroatoms. The molecule has 2 rings (SSSR count). The molecule has 0 saturated heterocycles. The van der Waals surface area contributed by atoms with E-state index >= 15 is 0 Å². The highest BCUT2D eigenvalue weighted by molar-refractivity contribution is 6.30. The van der Waals surface area contributed by atoms with Gasteiger partial charge in [-0.25, -0.2) is 4.79 Å². The summed E-state index contributed by atoms with van der Waals surface area (Å²) in [6, 6.07) is 15.1. The summed E-state index contributed by atoms with van der Waals surface area (Å²) >= 11 is 6.11. The Morgan fingerprint density at radius 1 is 1.08 bits per heavy atom. The van der Waals surface area contributed by atoms with E-state index in [1.54, 1.807) is 13.0 Å². The van der Waals surface area contributed by atoms with Crippen molar-refractivity contribution in [2.24, 2.45) is 0 Å². The highest BCUT2D eigenvalue weighted by Gasteiger charge is 2.10. The van der Waals surface area contributed by atoms with Crippen LogP contribution in [0.3, 0.4) is 0 Å². The first-order valence-electron chi connectivity index (χ1n) is 8.01. The van der Waals surface area contributed by atoms with Crippen molar-refractivity contribution in [1.82, 2.24) is 0 Å². The standard InChI is InChI=1S/C20H21ClO3/c1-3-11-24-18-10-6-8-16(13-18)19(14-20(22)23-4-2)15-7-5-9-17(21)12-15/h5-10,12-14H,3-4,11H2,1-2H3. The van der Waals surface area contributed by atoms with Crippen LogP contribution in [0.2, 0.25) is 5.02 Å². The molecule has 0 aromatic heterocycles. The molecular formula is C20H21ClO3. The van der Waals surface area contributed by atoms with Crippen LogP contribution in [0.25, 0.3) is 5.57 Å². The van der Waals surface area contributed by atoms with Crippen molar-refractivity contribution in [1.29, 1.82) is 0 Å². The van der Waals surface area contributed by atoms with Gasteiger partial charge in [-0.05, 0) is 54.3 Å². The van der Waals surface area contributed by atoms with E-state index in [-0.39, 0.29) is 5.97 Å². The van der Waals surface area contributed by atoms with Crippen molar-refractivity contribution < 1.29 is 14.3 Å². The lowest BCUT2D eigenvalue weighted by Crippen LogP contribution is -2.02. The van der Waals surface area contributed by atoms with Crippen molar-refractivity contribution in [3.63, 3.8) is 0 Å². The Kier molecular flexibility index (Phi) is 6.89. The molecular weight excluding hydrogens is 324 g/mol. The summed E-state index contributed by atoms with van der Waals surface area (Å²) in [5.74, 6) is 0.387. The average molecular weight is 345 g/mol. The fourth-order valence-electron chi connectivity index (χ4n) is 2.26. The normalized spacial score (nSPS) is 11.2. The summed E-state index contributed by atoms with van der Waals surface area (Å²) in [5, 5.41) is 0.612. The van der Waals surface area contributed by atoms with E-state index in [2.05, 4.69) is 6.92 Å². The number of hydrogen-bond donors (Lipinski definition) is 0. The van der Waals surface area contributed by atoms with Crippen LogP contribution in [0.4, 0.5) is 0 Å². The van der Waals surface area contributed by atoms with Crippen molar-refractivity contribution in [2.45, 2.75) is 20.3 Å². The molecule has 2 aromatic carbocycles. The summed E-state index contributed by atoms with van der Waals surface area (Å²) < 4.78 is 10.7. The van der Waals surface area contributed by atoms with Gasteiger partial charge in [0.2, 0.25) is 0 Å². The molecule has 126 valence electrons. The smallest absolute Gasteiger partial charge is 0.331 e. The van der Waals surface area contributed by atoms with E-state index in [4.69, 9.17) is 21.1 Å². The Hall–Kier alpha value is -2.26. The largest absolute Gasteiger partial charge is 0.494 e. The predicted octanol–water partition coefficient (Wildman–Crippen LogP) is 5.12. The van der Waals surface area contributed by atoms with Crippen LogP contribution in [0, 0.1) is 0 Å². The monoisotopic (exact) mass is 344 g/mol. The number of halogens is 1. The van der Waals surface area contributed by atoms with E-state index in [0.717, 1.165) is 28.9 Å². The van der Waals surface area contributed by atoms with Gasteiger partial charge >= 0.3 is 5.97 Å². The maximum absolute atomic E-state index is 12.0. The third kappa shape index (κ3) is 5.14. The Bertz CT molecular complexity index is 722. The number of benzene rings is 2. The lowest BCUT2D eigenvalue weighted by Gasteiger charge is -2.11. The zero-order chi connectivity index (χ0) is 17.4. The van der Waals surface area contributed by atoms with Crippen LogP contribution in [-0.2, 0) is 9.53 Å². The first-order chi connectivity index (χ1) is 11.6. The minimum Gasteiger partial charge on any atom is -0.494 e. The van der Waals surface area contributed by atoms with Gasteiger partial charge in [0.1, 0.15) is 5.75 Å². The van der Waals surface area contributed by atoms with Crippen LogP contribution in [-0.4, -0.2) is 19.2 Å². The molecule has 0 fully saturated rings. The third-order valence-corrected chi connectivity index (χ3v) is 3.54. The first kappa shape index (κ1) is 18.1. The van der Waals surface area contributed by atoms with Crippen LogP contribution < -0.4 is 4.74 Å². The molecule has 0 radical (unpaired) electrons. The van der Waals surface area contributed by atoms with Gasteiger partial charge < -0.3 is 9.47 Å². The fourth-order valence-corrected chi connectivity index (χ4v) is 2.45. The molecule has 0 heterocycles. The van der Waals surface area contributed by atoms with Gasteiger partial charge in [-0.1, -0.05) is 42.8 Å². The Morgan fingerprint density at radius 2 is 1.79 bits per heavy atom. The van der Waals surface area contributed by atoms with E-state index < -0.39 is 0 Å². The number of rotatable bonds is 7. The van der Waals surface area contributed by atoms with Gasteiger partial charge in [0.25, 0.3) is 0 Å². The topological polar surface area (TPSA) is 35.5 Å². The molecule has 0 N–H and O–H groups in total. The summed E-state index contributed by atoms with van der Waals surface area (Å²) in [5.41, 5.74) is 2.47. The quantitative estimate of drug-likeness (QED) is 0.516. The van der Waals surface area contributed by atoms with Crippen molar-refractivity contribution in [3.8, 4) is 5.75 Å². The van der Waals surface area contributed by atoms with Crippen LogP contribution >= 0.6 is 11.6 Å². The zero-order valence-corrected chi connectivity index (χ0v) is 14.7. The molecule has 0 aliphatic rings. The van der Waals surface area contributed by atoms with Gasteiger partial charge in [-0.15, -0.1) is 0 Å². The van der Waals surface area contributed by atoms with E-state index in [1.807, 2.05) is 42.5 Å². The molecule has 0 aliphatic carbocycles. The van der Waals surface area contributed by atoms with E-state index in [9.17, 15) is 4.79 Å². The maximum Gasteiger partial charge on any atom is 0.331 e. The summed E-state index contributed by atoms with van der Waals surface area (Å²) in [6.45, 7) is 4.82. The molecule has 0 atom stereocenters. The second-order valence-electron chi connectivity index (χ2n) is 5.20. The lowest BCUT2D eigenvalue weighted by atomic mass is 9.97. The van der Waals surface area contributed by atoms with Crippen molar-refractivity contribution in [2.75, 3.05) is 13.2 Å². The average Bonchev–Trinajstić information content (AvgIpc) is 2.58. The van der Waals surface area contributed by atoms with Crippen LogP contribution in [0.1, 0.15) is 31.4 Å². The third-order valence-electron chi connectivity index (χ3n) is 3.30. The Balaban J connectivity index is 2.44. The molecule has 0 bridgehead atoms. The van der Waals surface area contributed by atoms with Crippen LogP contribution in [0.5, 0.6) is 5.75 Å². The minimum atomic E-state index is -0.382. The van der Waals surface area contributed by atoms with Crippen LogP contribution in [0.15, 0.2) is 54.6 Å². The lowest BCUT2D eigenvalue weighted by molar-refractivity contribution is -0.137. The van der Waals surface area contributed by atoms with E-state index in [0.29, 0.717) is 18.2 Å². The first-order valence-corrected chi connectivity index (χ1v) is 8.39. The SMILES string of the molecule is CCCOc1cccc(C(=CC(=O)OCC)c2cccc(Cl)c2)c1. The van der Waals surface area contributed by atoms with Crippen molar-refractivity contribution in [3.05, 3.63) is 70.8 Å². The number of esters is 1. The second-order valence-corrected chi connectivity index (χ2v) is 5.63. The van der Waals surface area contributed by atoms with Gasteiger partial charge in [0, 0.05) is 11.1 Å². The second kappa shape index (κ2) is 9.14. The highest BCUT2D eigenvalue weighted by Crippen LogP contribution is 2.28. The molecule has 2 aromatic rings. The number of ether oxygens (including phenoxy) is 2. The number of carbonyl (C=O) groups excluding carboxylic acids is 1. The number of carbonyl (C=O) groups is 1. The highest BCUT2D eigenvalue weighted by atomic mass is 35.5. The molecule has 0 amide bonds. The van der Waals surface area contributed by atoms with Gasteiger partial charge in [0.15, 0.2) is 0 Å². The number of hydrogen-bond acceptors (Lipinski definition) is 3. The maximum atomic E-state index is 12.0. The molecule has 0 unspecified atom stereocenters. The Labute approximate surface area is 147 Å². The predicted molar refractivity (Wildman–Crippen MR) is 97.4 cm³/mol.